The van der Waals surface area contributed by atoms with Gasteiger partial charge >= 0.3 is 0 Å². The molecule has 0 spiro atoms. The van der Waals surface area contributed by atoms with E-state index in [0.717, 1.165) is 38.1 Å². The van der Waals surface area contributed by atoms with Crippen LogP contribution in [0.1, 0.15) is 32.4 Å². The number of hydrogen-bond donors (Lipinski definition) is 1. The molecule has 1 N–H and O–H groups in total. The maximum absolute atomic E-state index is 12.1. The molecule has 4 nitrogen and oxygen atoms in total. The number of nitrogens with one attached hydrogen (secondary N) is 1. The molecule has 1 aliphatic heterocycles. The van der Waals surface area contributed by atoms with E-state index in [0.29, 0.717) is 0 Å². The minimum Gasteiger partial charge on any atom is -0.469 e. The van der Waals surface area contributed by atoms with Crippen LogP contribution >= 0.6 is 0 Å². The van der Waals surface area contributed by atoms with E-state index in [9.17, 15) is 4.79 Å². The molecule has 1 fully saturated rings. The maximum Gasteiger partial charge on any atom is 0.240 e. The smallest absolute Gasteiger partial charge is 0.240 e. The van der Waals surface area contributed by atoms with Crippen LogP contribution in [0.4, 0.5) is 0 Å². The highest BCUT2D eigenvalue weighted by Gasteiger charge is 2.33. The fraction of sp³-hybridized carbons (Fsp3) is 0.643. The summed E-state index contributed by atoms with van der Waals surface area (Å²) in [6.07, 6.45) is 4.47. The molecule has 1 amide bonds. The monoisotopic (exact) mass is 250 g/mol. The number of nitrogens with zero attached hydrogens (tertiary/aromatic N) is 1. The molecule has 0 radical (unpaired) electrons. The van der Waals surface area contributed by atoms with Gasteiger partial charge in [0.1, 0.15) is 5.76 Å². The van der Waals surface area contributed by atoms with Crippen LogP contribution < -0.4 is 5.32 Å². The molecule has 2 rings (SSSR count). The highest BCUT2D eigenvalue weighted by molar-refractivity contribution is 5.84. The topological polar surface area (TPSA) is 45.5 Å². The van der Waals surface area contributed by atoms with Gasteiger partial charge in [0.2, 0.25) is 5.91 Å². The fourth-order valence-electron chi connectivity index (χ4n) is 2.54. The molecular formula is C14H22N2O2. The van der Waals surface area contributed by atoms with Crippen molar-refractivity contribution in [3.05, 3.63) is 24.2 Å². The lowest BCUT2D eigenvalue weighted by atomic mass is 10.1. The number of amides is 1. The van der Waals surface area contributed by atoms with Crippen LogP contribution in [0.3, 0.4) is 0 Å². The van der Waals surface area contributed by atoms with E-state index in [1.165, 1.54) is 0 Å². The number of carbonyl (C=O) groups is 1. The van der Waals surface area contributed by atoms with Crippen molar-refractivity contribution in [1.82, 2.24) is 10.2 Å². The van der Waals surface area contributed by atoms with Crippen molar-refractivity contribution in [2.75, 3.05) is 13.1 Å². The second-order valence-corrected chi connectivity index (χ2v) is 4.90. The summed E-state index contributed by atoms with van der Waals surface area (Å²) in [5.41, 5.74) is 0. The highest BCUT2D eigenvalue weighted by Crippen LogP contribution is 2.18. The Morgan fingerprint density at radius 1 is 1.61 bits per heavy atom. The summed E-state index contributed by atoms with van der Waals surface area (Å²) in [6.45, 7) is 5.88. The number of furan rings is 1. The quantitative estimate of drug-likeness (QED) is 0.837. The van der Waals surface area contributed by atoms with Crippen LogP contribution in [-0.2, 0) is 11.2 Å². The van der Waals surface area contributed by atoms with Crippen LogP contribution in [-0.4, -0.2) is 36.0 Å². The predicted octanol–water partition coefficient (Wildman–Crippen LogP) is 1.81. The number of likely N-dealkylation sites (tertiary alicyclic amines) is 1. The van der Waals surface area contributed by atoms with Crippen LogP contribution in [0.2, 0.25) is 0 Å². The van der Waals surface area contributed by atoms with Gasteiger partial charge in [-0.25, -0.2) is 0 Å². The summed E-state index contributed by atoms with van der Waals surface area (Å²) in [7, 11) is 0. The SMILES string of the molecule is CCNC1CCN(C(C)CCc2ccco2)C1=O. The Bertz CT molecular complexity index is 375. The van der Waals surface area contributed by atoms with Crippen LogP contribution in [0.15, 0.2) is 22.8 Å². The summed E-state index contributed by atoms with van der Waals surface area (Å²) in [5.74, 6) is 1.25. The van der Waals surface area contributed by atoms with E-state index in [-0.39, 0.29) is 18.0 Å². The summed E-state index contributed by atoms with van der Waals surface area (Å²) >= 11 is 0. The zero-order valence-corrected chi connectivity index (χ0v) is 11.2. The third-order valence-electron chi connectivity index (χ3n) is 3.61. The van der Waals surface area contributed by atoms with Gasteiger partial charge in [-0.2, -0.15) is 0 Å². The van der Waals surface area contributed by atoms with Crippen LogP contribution in [0.25, 0.3) is 0 Å². The Kier molecular flexibility index (Phi) is 4.42. The van der Waals surface area contributed by atoms with Gasteiger partial charge < -0.3 is 14.6 Å². The first-order valence-corrected chi connectivity index (χ1v) is 6.78. The molecule has 1 saturated heterocycles. The molecule has 1 aliphatic rings. The van der Waals surface area contributed by atoms with E-state index in [2.05, 4.69) is 12.2 Å². The molecule has 1 aromatic heterocycles. The van der Waals surface area contributed by atoms with Crippen molar-refractivity contribution >= 4 is 5.91 Å². The van der Waals surface area contributed by atoms with Crippen LogP contribution in [0.5, 0.6) is 0 Å². The van der Waals surface area contributed by atoms with Crippen molar-refractivity contribution in [1.29, 1.82) is 0 Å². The number of rotatable bonds is 6. The Hall–Kier alpha value is -1.29. The summed E-state index contributed by atoms with van der Waals surface area (Å²) in [4.78, 5) is 14.1. The van der Waals surface area contributed by atoms with Gasteiger partial charge in [-0.1, -0.05) is 6.92 Å². The Balaban J connectivity index is 1.82. The molecule has 2 atom stereocenters. The Morgan fingerprint density at radius 3 is 3.11 bits per heavy atom. The summed E-state index contributed by atoms with van der Waals surface area (Å²) in [5, 5.41) is 3.24. The maximum atomic E-state index is 12.1. The van der Waals surface area contributed by atoms with Crippen molar-refractivity contribution in [3.63, 3.8) is 0 Å². The van der Waals surface area contributed by atoms with Crippen molar-refractivity contribution in [2.45, 2.75) is 45.2 Å². The predicted molar refractivity (Wildman–Crippen MR) is 70.3 cm³/mol. The Labute approximate surface area is 108 Å². The molecule has 1 aromatic rings. The van der Waals surface area contributed by atoms with Gasteiger partial charge in [-0.15, -0.1) is 0 Å². The first-order chi connectivity index (χ1) is 8.72. The van der Waals surface area contributed by atoms with Gasteiger partial charge in [0.15, 0.2) is 0 Å². The zero-order valence-electron chi connectivity index (χ0n) is 11.2. The second kappa shape index (κ2) is 6.05. The molecular weight excluding hydrogens is 228 g/mol. The third kappa shape index (κ3) is 2.93. The highest BCUT2D eigenvalue weighted by atomic mass is 16.3. The van der Waals surface area contributed by atoms with E-state index >= 15 is 0 Å². The molecule has 4 heteroatoms. The fourth-order valence-corrected chi connectivity index (χ4v) is 2.54. The van der Waals surface area contributed by atoms with Gasteiger partial charge in [-0.3, -0.25) is 4.79 Å². The lowest BCUT2D eigenvalue weighted by molar-refractivity contribution is -0.131. The summed E-state index contributed by atoms with van der Waals surface area (Å²) < 4.78 is 5.32. The molecule has 0 bridgehead atoms. The van der Waals surface area contributed by atoms with E-state index < -0.39 is 0 Å². The van der Waals surface area contributed by atoms with Crippen molar-refractivity contribution in [2.24, 2.45) is 0 Å². The second-order valence-electron chi connectivity index (χ2n) is 4.90. The van der Waals surface area contributed by atoms with Gasteiger partial charge in [-0.05, 0) is 38.4 Å². The van der Waals surface area contributed by atoms with Crippen molar-refractivity contribution in [3.8, 4) is 0 Å². The first kappa shape index (κ1) is 13.1. The van der Waals surface area contributed by atoms with Gasteiger partial charge in [0, 0.05) is 19.0 Å². The lowest BCUT2D eigenvalue weighted by Crippen LogP contribution is -2.41. The Morgan fingerprint density at radius 2 is 2.44 bits per heavy atom. The van der Waals surface area contributed by atoms with Crippen molar-refractivity contribution < 1.29 is 9.21 Å². The lowest BCUT2D eigenvalue weighted by Gasteiger charge is -2.24. The normalized spacial score (nSPS) is 21.6. The number of carbonyl (C=O) groups excluding carboxylic acids is 1. The average molecular weight is 250 g/mol. The van der Waals surface area contributed by atoms with E-state index in [1.54, 1.807) is 6.26 Å². The molecule has 0 aliphatic carbocycles. The van der Waals surface area contributed by atoms with E-state index in [1.807, 2.05) is 24.0 Å². The third-order valence-corrected chi connectivity index (χ3v) is 3.61. The summed E-state index contributed by atoms with van der Waals surface area (Å²) in [6, 6.07) is 4.20. The van der Waals surface area contributed by atoms with Crippen LogP contribution in [0, 0.1) is 0 Å². The van der Waals surface area contributed by atoms with Gasteiger partial charge in [0.05, 0.1) is 12.3 Å². The molecule has 0 aromatic carbocycles. The van der Waals surface area contributed by atoms with Gasteiger partial charge in [0.25, 0.3) is 0 Å². The minimum atomic E-state index is 0.0288. The molecule has 2 unspecified atom stereocenters. The zero-order chi connectivity index (χ0) is 13.0. The number of likely N-dealkylation sites (N-methyl/N-ethyl adjacent to an activating group) is 1. The molecule has 18 heavy (non-hydrogen) atoms. The first-order valence-electron chi connectivity index (χ1n) is 6.78. The molecule has 2 heterocycles. The number of aryl methyl sites for hydroxylation is 1. The average Bonchev–Trinajstić information content (AvgIpc) is 2.98. The minimum absolute atomic E-state index is 0.0288. The molecule has 100 valence electrons. The number of hydrogen-bond acceptors (Lipinski definition) is 3. The standard InChI is InChI=1S/C14H22N2O2/c1-3-15-13-8-9-16(14(13)17)11(2)6-7-12-5-4-10-18-12/h4-5,10-11,13,15H,3,6-9H2,1-2H3. The largest absolute Gasteiger partial charge is 0.469 e. The molecule has 0 saturated carbocycles. The van der Waals surface area contributed by atoms with E-state index in [4.69, 9.17) is 4.42 Å².